The van der Waals surface area contributed by atoms with E-state index in [2.05, 4.69) is 0 Å². The van der Waals surface area contributed by atoms with Crippen LogP contribution in [-0.2, 0) is 19.9 Å². The van der Waals surface area contributed by atoms with Gasteiger partial charge in [-0.25, -0.2) is 16.8 Å². The van der Waals surface area contributed by atoms with Gasteiger partial charge in [0.2, 0.25) is 21.5 Å². The molecule has 14 heteroatoms. The maximum absolute atomic E-state index is 12.6. The van der Waals surface area contributed by atoms with Gasteiger partial charge in [0.05, 0.1) is 19.6 Å². The minimum absolute atomic E-state index is 0.157. The summed E-state index contributed by atoms with van der Waals surface area (Å²) in [6.07, 6.45) is 0.868. The quantitative estimate of drug-likeness (QED) is 0.393. The van der Waals surface area contributed by atoms with Crippen LogP contribution in [0.4, 0.5) is 11.4 Å². The van der Waals surface area contributed by atoms with Gasteiger partial charge in [0.25, 0.3) is 0 Å². The number of sulfonamides is 1. The van der Waals surface area contributed by atoms with Crippen LogP contribution >= 0.6 is 0 Å². The van der Waals surface area contributed by atoms with E-state index in [0.29, 0.717) is 0 Å². The number of hydrogen-bond acceptors (Lipinski definition) is 9. The summed E-state index contributed by atoms with van der Waals surface area (Å²) in [4.78, 5) is 20.4. The molecule has 0 saturated carbocycles. The maximum atomic E-state index is 12.6. The molecule has 168 valence electrons. The summed E-state index contributed by atoms with van der Waals surface area (Å²) in [7, 11) is -7.74. The molecular weight excluding hydrogens is 454 g/mol. The van der Waals surface area contributed by atoms with E-state index in [1.807, 2.05) is 0 Å². The van der Waals surface area contributed by atoms with E-state index in [9.17, 15) is 37.1 Å². The van der Waals surface area contributed by atoms with Gasteiger partial charge < -0.3 is 4.74 Å². The lowest BCUT2D eigenvalue weighted by atomic mass is 10.2. The molecule has 0 atom stereocenters. The van der Waals surface area contributed by atoms with Crippen LogP contribution in [0.5, 0.6) is 11.5 Å². The summed E-state index contributed by atoms with van der Waals surface area (Å²) in [5.41, 5.74) is -1.45. The molecule has 0 aliphatic heterocycles. The van der Waals surface area contributed by atoms with Crippen LogP contribution in [0.3, 0.4) is 0 Å². The minimum Gasteiger partial charge on any atom is -0.443 e. The van der Waals surface area contributed by atoms with Gasteiger partial charge in [0.15, 0.2) is 9.84 Å². The first-order chi connectivity index (χ1) is 14.3. The minimum atomic E-state index is -3.99. The lowest BCUT2D eigenvalue weighted by Gasteiger charge is -2.18. The first-order valence-electron chi connectivity index (χ1n) is 8.77. The number of nitro benzene ring substituents is 2. The predicted octanol–water partition coefficient (Wildman–Crippen LogP) is 2.73. The number of benzene rings is 2. The Labute approximate surface area is 178 Å². The summed E-state index contributed by atoms with van der Waals surface area (Å²) in [5, 5.41) is 22.9. The molecule has 0 fully saturated rings. The highest BCUT2D eigenvalue weighted by Gasteiger charge is 2.28. The molecule has 0 N–H and O–H groups in total. The monoisotopic (exact) mass is 473 g/mol. The Morgan fingerprint density at radius 2 is 1.26 bits per heavy atom. The second kappa shape index (κ2) is 8.95. The molecule has 0 amide bonds. The van der Waals surface area contributed by atoms with E-state index in [4.69, 9.17) is 4.74 Å². The zero-order valence-corrected chi connectivity index (χ0v) is 18.3. The summed E-state index contributed by atoms with van der Waals surface area (Å²) in [5.74, 6) is -0.890. The Morgan fingerprint density at radius 3 is 1.65 bits per heavy atom. The van der Waals surface area contributed by atoms with E-state index < -0.39 is 52.6 Å². The van der Waals surface area contributed by atoms with Crippen LogP contribution < -0.4 is 4.74 Å². The van der Waals surface area contributed by atoms with Crippen molar-refractivity contribution in [3.8, 4) is 11.5 Å². The lowest BCUT2D eigenvalue weighted by molar-refractivity contribution is -0.387. The molecular formula is C17H19N3O9S2. The standard InChI is InChI=1S/C17H19N3O9S2/c1-4-18(5-2)31(27,28)13-7-9-17(15(11-13)20(23)24)29-16-8-6-12(30(3,25)26)10-14(16)19(21)22/h6-11H,4-5H2,1-3H3. The molecule has 12 nitrogen and oxygen atoms in total. The molecule has 0 aromatic heterocycles. The van der Waals surface area contributed by atoms with Crippen LogP contribution in [0, 0.1) is 20.2 Å². The van der Waals surface area contributed by atoms with Crippen molar-refractivity contribution in [2.45, 2.75) is 23.6 Å². The maximum Gasteiger partial charge on any atom is 0.312 e. The molecule has 31 heavy (non-hydrogen) atoms. The van der Waals surface area contributed by atoms with Gasteiger partial charge >= 0.3 is 11.4 Å². The van der Waals surface area contributed by atoms with E-state index in [1.165, 1.54) is 0 Å². The fourth-order valence-corrected chi connectivity index (χ4v) is 4.79. The first kappa shape index (κ1) is 24.2. The third kappa shape index (κ3) is 5.15. The summed E-state index contributed by atoms with van der Waals surface area (Å²) >= 11 is 0. The molecule has 0 saturated heterocycles. The highest BCUT2D eigenvalue weighted by Crippen LogP contribution is 2.38. The van der Waals surface area contributed by atoms with Gasteiger partial charge in [-0.15, -0.1) is 0 Å². The number of nitro groups is 2. The third-order valence-corrected chi connectivity index (χ3v) is 7.40. The molecule has 0 spiro atoms. The molecule has 2 rings (SSSR count). The van der Waals surface area contributed by atoms with E-state index in [-0.39, 0.29) is 22.9 Å². The third-order valence-electron chi connectivity index (χ3n) is 4.25. The van der Waals surface area contributed by atoms with Gasteiger partial charge in [0, 0.05) is 31.5 Å². The predicted molar refractivity (Wildman–Crippen MR) is 109 cm³/mol. The number of nitrogens with zero attached hydrogens (tertiary/aromatic N) is 3. The van der Waals surface area contributed by atoms with E-state index >= 15 is 0 Å². The highest BCUT2D eigenvalue weighted by atomic mass is 32.2. The Morgan fingerprint density at radius 1 is 0.839 bits per heavy atom. The zero-order chi connectivity index (χ0) is 23.6. The van der Waals surface area contributed by atoms with E-state index in [1.54, 1.807) is 13.8 Å². The smallest absolute Gasteiger partial charge is 0.312 e. The van der Waals surface area contributed by atoms with Crippen LogP contribution in [-0.4, -0.2) is 50.3 Å². The fourth-order valence-electron chi connectivity index (χ4n) is 2.67. The van der Waals surface area contributed by atoms with Crippen molar-refractivity contribution in [3.63, 3.8) is 0 Å². The van der Waals surface area contributed by atoms with E-state index in [0.717, 1.165) is 47.0 Å². The Balaban J connectivity index is 2.59. The average molecular weight is 473 g/mol. The van der Waals surface area contributed by atoms with Crippen molar-refractivity contribution in [2.75, 3.05) is 19.3 Å². The highest BCUT2D eigenvalue weighted by molar-refractivity contribution is 7.90. The number of ether oxygens (including phenoxy) is 1. The molecule has 0 radical (unpaired) electrons. The van der Waals surface area contributed by atoms with Gasteiger partial charge in [-0.1, -0.05) is 13.8 Å². The van der Waals surface area contributed by atoms with Crippen molar-refractivity contribution in [3.05, 3.63) is 56.6 Å². The largest absolute Gasteiger partial charge is 0.443 e. The molecule has 0 bridgehead atoms. The fraction of sp³-hybridized carbons (Fsp3) is 0.294. The number of sulfone groups is 1. The second-order valence-corrected chi connectivity index (χ2v) is 10.2. The summed E-state index contributed by atoms with van der Waals surface area (Å²) in [6.45, 7) is 3.55. The average Bonchev–Trinajstić information content (AvgIpc) is 2.67. The van der Waals surface area contributed by atoms with Gasteiger partial charge in [-0.2, -0.15) is 4.31 Å². The zero-order valence-electron chi connectivity index (χ0n) is 16.7. The Kier molecular flexibility index (Phi) is 6.98. The van der Waals surface area contributed by atoms with Crippen molar-refractivity contribution in [2.24, 2.45) is 0 Å². The van der Waals surface area contributed by atoms with Crippen molar-refractivity contribution >= 4 is 31.2 Å². The summed E-state index contributed by atoms with van der Waals surface area (Å²) < 4.78 is 55.0. The number of rotatable bonds is 9. The van der Waals surface area contributed by atoms with Crippen molar-refractivity contribution < 1.29 is 31.4 Å². The molecule has 2 aromatic rings. The topological polar surface area (TPSA) is 167 Å². The Hall–Kier alpha value is -3.10. The molecule has 0 unspecified atom stereocenters. The van der Waals surface area contributed by atoms with Crippen LogP contribution in [0.25, 0.3) is 0 Å². The Bertz CT molecular complexity index is 1240. The molecule has 0 aliphatic carbocycles. The molecule has 0 aliphatic rings. The lowest BCUT2D eigenvalue weighted by Crippen LogP contribution is -2.30. The number of hydrogen-bond donors (Lipinski definition) is 0. The van der Waals surface area contributed by atoms with Crippen LogP contribution in [0.2, 0.25) is 0 Å². The SMILES string of the molecule is CCN(CC)S(=O)(=O)c1ccc(Oc2ccc(S(C)(=O)=O)cc2[N+](=O)[O-])c([N+](=O)[O-])c1. The molecule has 0 heterocycles. The second-order valence-electron chi connectivity index (χ2n) is 6.24. The van der Waals surface area contributed by atoms with Crippen LogP contribution in [0.1, 0.15) is 13.8 Å². The van der Waals surface area contributed by atoms with Gasteiger partial charge in [-0.3, -0.25) is 20.2 Å². The van der Waals surface area contributed by atoms with Gasteiger partial charge in [-0.05, 0) is 24.3 Å². The van der Waals surface area contributed by atoms with Gasteiger partial charge in [0.1, 0.15) is 0 Å². The normalized spacial score (nSPS) is 12.0. The first-order valence-corrected chi connectivity index (χ1v) is 12.1. The van der Waals surface area contributed by atoms with Crippen molar-refractivity contribution in [1.82, 2.24) is 4.31 Å². The van der Waals surface area contributed by atoms with Crippen LogP contribution in [0.15, 0.2) is 46.2 Å². The van der Waals surface area contributed by atoms with Crippen molar-refractivity contribution in [1.29, 1.82) is 0 Å². The summed E-state index contributed by atoms with van der Waals surface area (Å²) in [6, 6.07) is 5.74. The molecule has 2 aromatic carbocycles.